The lowest BCUT2D eigenvalue weighted by molar-refractivity contribution is 0.0951. The summed E-state index contributed by atoms with van der Waals surface area (Å²) in [6.45, 7) is 1.48. The molecule has 1 amide bonds. The van der Waals surface area contributed by atoms with Crippen molar-refractivity contribution in [3.8, 4) is 0 Å². The molecule has 0 unspecified atom stereocenters. The van der Waals surface area contributed by atoms with Crippen molar-refractivity contribution >= 4 is 17.3 Å². The summed E-state index contributed by atoms with van der Waals surface area (Å²) >= 11 is 0. The zero-order chi connectivity index (χ0) is 16.5. The largest absolute Gasteiger partial charge is 0.383 e. The molecule has 122 valence electrons. The molecule has 4 N–H and O–H groups in total. The summed E-state index contributed by atoms with van der Waals surface area (Å²) in [5.41, 5.74) is 4.50. The van der Waals surface area contributed by atoms with E-state index in [0.717, 1.165) is 5.56 Å². The summed E-state index contributed by atoms with van der Waals surface area (Å²) in [5, 5.41) is 15.0. The lowest BCUT2D eigenvalue weighted by Crippen LogP contribution is -2.24. The number of carbonyl (C=O) groups is 1. The number of rotatable bonds is 8. The van der Waals surface area contributed by atoms with Gasteiger partial charge in [0.15, 0.2) is 0 Å². The van der Waals surface area contributed by atoms with E-state index in [-0.39, 0.29) is 5.91 Å². The minimum atomic E-state index is -0.245. The third-order valence-electron chi connectivity index (χ3n) is 3.19. The highest BCUT2D eigenvalue weighted by atomic mass is 16.5. The monoisotopic (exact) mass is 316 g/mol. The van der Waals surface area contributed by atoms with Gasteiger partial charge in [-0.3, -0.25) is 20.5 Å². The first kappa shape index (κ1) is 16.7. The van der Waals surface area contributed by atoms with E-state index < -0.39 is 0 Å². The molecule has 0 spiro atoms. The number of methoxy groups -OCH3 is 1. The van der Waals surface area contributed by atoms with E-state index in [1.165, 1.54) is 0 Å². The van der Waals surface area contributed by atoms with Crippen LogP contribution in [0.25, 0.3) is 0 Å². The van der Waals surface area contributed by atoms with Gasteiger partial charge in [-0.1, -0.05) is 6.07 Å². The van der Waals surface area contributed by atoms with E-state index in [0.29, 0.717) is 36.6 Å². The second kappa shape index (κ2) is 8.72. The second-order valence-electron chi connectivity index (χ2n) is 4.84. The average Bonchev–Trinajstić information content (AvgIpc) is 2.61. The Morgan fingerprint density at radius 3 is 2.91 bits per heavy atom. The minimum absolute atomic E-state index is 0.245. The first-order chi connectivity index (χ1) is 11.2. The molecule has 0 aliphatic heterocycles. The predicted molar refractivity (Wildman–Crippen MR) is 87.6 cm³/mol. The normalized spacial score (nSPS) is 10.2. The number of amides is 1. The maximum atomic E-state index is 12.4. The number of pyridine rings is 1. The molecule has 2 aromatic rings. The van der Waals surface area contributed by atoms with Crippen LogP contribution in [0, 0.1) is 0 Å². The van der Waals surface area contributed by atoms with Crippen LogP contribution in [-0.2, 0) is 11.3 Å². The van der Waals surface area contributed by atoms with Crippen LogP contribution in [0.2, 0.25) is 0 Å². The highest BCUT2D eigenvalue weighted by Gasteiger charge is 2.12. The number of nitrogens with one attached hydrogen (secondary N) is 3. The van der Waals surface area contributed by atoms with Crippen LogP contribution in [0.4, 0.5) is 11.4 Å². The molecule has 0 aliphatic rings. The van der Waals surface area contributed by atoms with E-state index >= 15 is 0 Å². The molecule has 0 saturated heterocycles. The Labute approximate surface area is 134 Å². The van der Waals surface area contributed by atoms with Crippen molar-refractivity contribution in [3.05, 3.63) is 53.9 Å². The molecule has 7 nitrogen and oxygen atoms in total. The van der Waals surface area contributed by atoms with Crippen molar-refractivity contribution in [1.29, 1.82) is 0 Å². The minimum Gasteiger partial charge on any atom is -0.383 e. The molecule has 7 heteroatoms. The van der Waals surface area contributed by atoms with Crippen LogP contribution >= 0.6 is 0 Å². The molecule has 0 saturated carbocycles. The molecular weight excluding hydrogens is 296 g/mol. The van der Waals surface area contributed by atoms with Crippen LogP contribution in [-0.4, -0.2) is 36.4 Å². The van der Waals surface area contributed by atoms with Crippen molar-refractivity contribution < 1.29 is 14.7 Å². The molecule has 1 aromatic carbocycles. The van der Waals surface area contributed by atoms with Crippen molar-refractivity contribution in [3.63, 3.8) is 0 Å². The third-order valence-corrected chi connectivity index (χ3v) is 3.19. The van der Waals surface area contributed by atoms with Crippen molar-refractivity contribution in [2.75, 3.05) is 31.1 Å². The number of nitrogens with zero attached hydrogens (tertiary/aromatic N) is 1. The number of carbonyl (C=O) groups excluding carboxylic acids is 1. The van der Waals surface area contributed by atoms with Gasteiger partial charge < -0.3 is 15.4 Å². The van der Waals surface area contributed by atoms with Crippen molar-refractivity contribution in [2.45, 2.75) is 6.54 Å². The number of anilines is 2. The summed E-state index contributed by atoms with van der Waals surface area (Å²) in [4.78, 5) is 16.4. The van der Waals surface area contributed by atoms with Gasteiger partial charge >= 0.3 is 0 Å². The van der Waals surface area contributed by atoms with Crippen LogP contribution < -0.4 is 16.1 Å². The molecule has 0 bridgehead atoms. The Hall–Kier alpha value is -2.64. The fraction of sp³-hybridized carbons (Fsp3) is 0.250. The number of hydrogen-bond acceptors (Lipinski definition) is 6. The molecule has 1 heterocycles. The van der Waals surface area contributed by atoms with Crippen LogP contribution in [0.1, 0.15) is 15.9 Å². The van der Waals surface area contributed by atoms with Crippen molar-refractivity contribution in [2.24, 2.45) is 0 Å². The topological polar surface area (TPSA) is 95.5 Å². The van der Waals surface area contributed by atoms with Crippen LogP contribution in [0.15, 0.2) is 42.7 Å². The Morgan fingerprint density at radius 1 is 1.35 bits per heavy atom. The molecule has 2 rings (SSSR count). The summed E-state index contributed by atoms with van der Waals surface area (Å²) < 4.78 is 4.99. The third kappa shape index (κ3) is 4.94. The van der Waals surface area contributed by atoms with Gasteiger partial charge in [0.25, 0.3) is 5.91 Å². The fourth-order valence-corrected chi connectivity index (χ4v) is 2.02. The Kier molecular flexibility index (Phi) is 6.34. The Morgan fingerprint density at radius 2 is 2.22 bits per heavy atom. The number of ether oxygens (including phenoxy) is 1. The van der Waals surface area contributed by atoms with Crippen molar-refractivity contribution in [1.82, 2.24) is 10.3 Å². The Bertz CT molecular complexity index is 634. The quantitative estimate of drug-likeness (QED) is 0.439. The zero-order valence-electron chi connectivity index (χ0n) is 12.9. The number of benzene rings is 1. The van der Waals surface area contributed by atoms with Gasteiger partial charge in [0.2, 0.25) is 0 Å². The Balaban J connectivity index is 2.09. The van der Waals surface area contributed by atoms with Gasteiger partial charge in [-0.15, -0.1) is 0 Å². The fourth-order valence-electron chi connectivity index (χ4n) is 2.02. The van der Waals surface area contributed by atoms with Crippen LogP contribution in [0.5, 0.6) is 0 Å². The number of aromatic nitrogens is 1. The molecule has 23 heavy (non-hydrogen) atoms. The SMILES string of the molecule is COCCNc1ccc(NO)cc1C(=O)NCc1cccnc1. The first-order valence-electron chi connectivity index (χ1n) is 7.18. The molecular formula is C16H20N4O3. The summed E-state index contributed by atoms with van der Waals surface area (Å²) in [6.07, 6.45) is 3.38. The first-order valence-corrected chi connectivity index (χ1v) is 7.18. The van der Waals surface area contributed by atoms with E-state index in [4.69, 9.17) is 9.94 Å². The zero-order valence-corrected chi connectivity index (χ0v) is 12.9. The smallest absolute Gasteiger partial charge is 0.253 e. The standard InChI is InChI=1S/C16H20N4O3/c1-23-8-7-18-15-5-4-13(20-22)9-14(15)16(21)19-11-12-3-2-6-17-10-12/h2-6,9-10,18,20,22H,7-8,11H2,1H3,(H,19,21). The summed E-state index contributed by atoms with van der Waals surface area (Å²) in [7, 11) is 1.61. The highest BCUT2D eigenvalue weighted by molar-refractivity contribution is 6.00. The van der Waals surface area contributed by atoms with Gasteiger partial charge in [0, 0.05) is 38.3 Å². The van der Waals surface area contributed by atoms with E-state index in [9.17, 15) is 4.79 Å². The average molecular weight is 316 g/mol. The van der Waals surface area contributed by atoms with Gasteiger partial charge in [0.05, 0.1) is 17.9 Å². The second-order valence-corrected chi connectivity index (χ2v) is 4.84. The molecule has 0 atom stereocenters. The maximum absolute atomic E-state index is 12.4. The predicted octanol–water partition coefficient (Wildman–Crippen LogP) is 1.87. The molecule has 0 fully saturated rings. The van der Waals surface area contributed by atoms with Gasteiger partial charge in [-0.2, -0.15) is 0 Å². The molecule has 1 aromatic heterocycles. The van der Waals surface area contributed by atoms with Gasteiger partial charge in [-0.05, 0) is 29.8 Å². The summed E-state index contributed by atoms with van der Waals surface area (Å²) in [6, 6.07) is 8.68. The van der Waals surface area contributed by atoms with E-state index in [1.807, 2.05) is 17.6 Å². The molecule has 0 radical (unpaired) electrons. The van der Waals surface area contributed by atoms with Crippen LogP contribution in [0.3, 0.4) is 0 Å². The van der Waals surface area contributed by atoms with E-state index in [1.54, 1.807) is 37.7 Å². The van der Waals surface area contributed by atoms with Gasteiger partial charge in [-0.25, -0.2) is 0 Å². The van der Waals surface area contributed by atoms with E-state index in [2.05, 4.69) is 15.6 Å². The van der Waals surface area contributed by atoms with Gasteiger partial charge in [0.1, 0.15) is 0 Å². The lowest BCUT2D eigenvalue weighted by atomic mass is 10.1. The number of hydrogen-bond donors (Lipinski definition) is 4. The lowest BCUT2D eigenvalue weighted by Gasteiger charge is -2.13. The summed E-state index contributed by atoms with van der Waals surface area (Å²) in [5.74, 6) is -0.245. The molecule has 0 aliphatic carbocycles. The maximum Gasteiger partial charge on any atom is 0.253 e. The highest BCUT2D eigenvalue weighted by Crippen LogP contribution is 2.20.